The number of H-pyrrole nitrogens is 1. The summed E-state index contributed by atoms with van der Waals surface area (Å²) in [6.45, 7) is 5.61. The first-order valence-corrected chi connectivity index (χ1v) is 7.84. The van der Waals surface area contributed by atoms with Crippen molar-refractivity contribution in [1.29, 1.82) is 0 Å². The summed E-state index contributed by atoms with van der Waals surface area (Å²) in [7, 11) is 0. The fourth-order valence-corrected chi connectivity index (χ4v) is 2.57. The number of rotatable bonds is 5. The van der Waals surface area contributed by atoms with Gasteiger partial charge in [-0.1, -0.05) is 19.0 Å². The van der Waals surface area contributed by atoms with Crippen molar-refractivity contribution < 1.29 is 14.1 Å². The first-order valence-electron chi connectivity index (χ1n) is 7.84. The summed E-state index contributed by atoms with van der Waals surface area (Å²) in [6, 6.07) is 1.75. The molecule has 1 amide bonds. The number of ether oxygens (including phenoxy) is 1. The molecule has 8 nitrogen and oxygen atoms in total. The highest BCUT2D eigenvalue weighted by Crippen LogP contribution is 2.23. The van der Waals surface area contributed by atoms with Crippen LogP contribution >= 0.6 is 0 Å². The van der Waals surface area contributed by atoms with E-state index in [1.54, 1.807) is 6.20 Å². The molecule has 23 heavy (non-hydrogen) atoms. The Morgan fingerprint density at radius 1 is 1.52 bits per heavy atom. The maximum atomic E-state index is 12.6. The molecule has 0 saturated carbocycles. The van der Waals surface area contributed by atoms with Gasteiger partial charge < -0.3 is 14.2 Å². The summed E-state index contributed by atoms with van der Waals surface area (Å²) < 4.78 is 10.7. The number of aryl methyl sites for hydroxylation is 1. The Kier molecular flexibility index (Phi) is 4.71. The SMILES string of the molecule is CC(C)c1noc(CCC(=O)N2CCOC[C@@H]2c2ccn[nH]2)n1. The summed E-state index contributed by atoms with van der Waals surface area (Å²) in [5.41, 5.74) is 0.887. The number of aromatic amines is 1. The van der Waals surface area contributed by atoms with E-state index in [1.807, 2.05) is 24.8 Å². The molecule has 1 fully saturated rings. The molecule has 8 heteroatoms. The molecule has 2 aromatic rings. The highest BCUT2D eigenvalue weighted by molar-refractivity contribution is 5.77. The molecule has 0 unspecified atom stereocenters. The third-order valence-corrected chi connectivity index (χ3v) is 3.88. The molecular weight excluding hydrogens is 298 g/mol. The van der Waals surface area contributed by atoms with E-state index in [4.69, 9.17) is 9.26 Å². The van der Waals surface area contributed by atoms with Gasteiger partial charge in [0.1, 0.15) is 0 Å². The number of nitrogens with zero attached hydrogens (tertiary/aromatic N) is 4. The zero-order valence-electron chi connectivity index (χ0n) is 13.4. The Balaban J connectivity index is 1.61. The normalized spacial score (nSPS) is 18.6. The predicted molar refractivity (Wildman–Crippen MR) is 80.6 cm³/mol. The summed E-state index contributed by atoms with van der Waals surface area (Å²) in [5, 5.41) is 10.8. The molecule has 1 saturated heterocycles. The van der Waals surface area contributed by atoms with Crippen LogP contribution in [0.4, 0.5) is 0 Å². The Bertz CT molecular complexity index is 637. The van der Waals surface area contributed by atoms with Crippen LogP contribution in [-0.2, 0) is 16.0 Å². The van der Waals surface area contributed by atoms with E-state index < -0.39 is 0 Å². The van der Waals surface area contributed by atoms with Crippen molar-refractivity contribution in [3.05, 3.63) is 29.7 Å². The van der Waals surface area contributed by atoms with Crippen LogP contribution < -0.4 is 0 Å². The fraction of sp³-hybridized carbons (Fsp3) is 0.600. The highest BCUT2D eigenvalue weighted by atomic mass is 16.5. The Hall–Kier alpha value is -2.22. The van der Waals surface area contributed by atoms with Crippen LogP contribution in [0, 0.1) is 0 Å². The summed E-state index contributed by atoms with van der Waals surface area (Å²) in [4.78, 5) is 18.7. The van der Waals surface area contributed by atoms with E-state index in [2.05, 4.69) is 20.3 Å². The highest BCUT2D eigenvalue weighted by Gasteiger charge is 2.29. The first kappa shape index (κ1) is 15.7. The van der Waals surface area contributed by atoms with Gasteiger partial charge in [0.25, 0.3) is 0 Å². The van der Waals surface area contributed by atoms with Gasteiger partial charge in [-0.15, -0.1) is 0 Å². The number of morpholine rings is 1. The molecule has 124 valence electrons. The van der Waals surface area contributed by atoms with Gasteiger partial charge in [-0.3, -0.25) is 9.89 Å². The van der Waals surface area contributed by atoms with Gasteiger partial charge in [0, 0.05) is 31.5 Å². The number of amides is 1. The summed E-state index contributed by atoms with van der Waals surface area (Å²) in [5.74, 6) is 1.45. The molecular formula is C15H21N5O3. The number of carbonyl (C=O) groups is 1. The van der Waals surface area contributed by atoms with Crippen LogP contribution in [-0.4, -0.2) is 50.9 Å². The molecule has 0 spiro atoms. The number of hydrogen-bond acceptors (Lipinski definition) is 6. The molecule has 0 aromatic carbocycles. The quantitative estimate of drug-likeness (QED) is 0.896. The lowest BCUT2D eigenvalue weighted by molar-refractivity contribution is -0.140. The van der Waals surface area contributed by atoms with E-state index in [-0.39, 0.29) is 17.9 Å². The van der Waals surface area contributed by atoms with Gasteiger partial charge in [0.2, 0.25) is 11.8 Å². The van der Waals surface area contributed by atoms with E-state index >= 15 is 0 Å². The van der Waals surface area contributed by atoms with Crippen molar-refractivity contribution in [2.75, 3.05) is 19.8 Å². The van der Waals surface area contributed by atoms with Crippen LogP contribution in [0.2, 0.25) is 0 Å². The Morgan fingerprint density at radius 3 is 3.09 bits per heavy atom. The number of nitrogens with one attached hydrogen (secondary N) is 1. The van der Waals surface area contributed by atoms with Crippen LogP contribution in [0.1, 0.15) is 49.6 Å². The van der Waals surface area contributed by atoms with Crippen molar-refractivity contribution >= 4 is 5.91 Å². The van der Waals surface area contributed by atoms with Crippen molar-refractivity contribution in [3.8, 4) is 0 Å². The first-order chi connectivity index (χ1) is 11.1. The topological polar surface area (TPSA) is 97.1 Å². The second kappa shape index (κ2) is 6.91. The Morgan fingerprint density at radius 2 is 2.39 bits per heavy atom. The zero-order chi connectivity index (χ0) is 16.2. The maximum Gasteiger partial charge on any atom is 0.227 e. The minimum absolute atomic E-state index is 0.0530. The number of aromatic nitrogens is 4. The molecule has 0 bridgehead atoms. The minimum atomic E-state index is -0.118. The number of hydrogen-bond donors (Lipinski definition) is 1. The molecule has 3 rings (SSSR count). The van der Waals surface area contributed by atoms with E-state index in [1.165, 1.54) is 0 Å². The van der Waals surface area contributed by atoms with E-state index in [9.17, 15) is 4.79 Å². The van der Waals surface area contributed by atoms with Gasteiger partial charge >= 0.3 is 0 Å². The van der Waals surface area contributed by atoms with Crippen molar-refractivity contribution in [2.24, 2.45) is 0 Å². The van der Waals surface area contributed by atoms with E-state index in [0.717, 1.165) is 5.69 Å². The molecule has 0 radical (unpaired) electrons. The zero-order valence-corrected chi connectivity index (χ0v) is 13.4. The van der Waals surface area contributed by atoms with Gasteiger partial charge in [-0.05, 0) is 6.07 Å². The predicted octanol–water partition coefficient (Wildman–Crippen LogP) is 1.45. The fourth-order valence-electron chi connectivity index (χ4n) is 2.57. The second-order valence-electron chi connectivity index (χ2n) is 5.89. The lowest BCUT2D eigenvalue weighted by Gasteiger charge is -2.34. The van der Waals surface area contributed by atoms with Gasteiger partial charge in [0.05, 0.1) is 24.9 Å². The Labute approximate surface area is 134 Å². The summed E-state index contributed by atoms with van der Waals surface area (Å²) >= 11 is 0. The van der Waals surface area contributed by atoms with Crippen molar-refractivity contribution in [3.63, 3.8) is 0 Å². The van der Waals surface area contributed by atoms with E-state index in [0.29, 0.717) is 44.3 Å². The van der Waals surface area contributed by atoms with Gasteiger partial charge in [-0.2, -0.15) is 10.1 Å². The summed E-state index contributed by atoms with van der Waals surface area (Å²) in [6.07, 6.45) is 2.47. The van der Waals surface area contributed by atoms with Crippen molar-refractivity contribution in [2.45, 2.75) is 38.6 Å². The molecule has 1 atom stereocenters. The average Bonchev–Trinajstić information content (AvgIpc) is 3.24. The van der Waals surface area contributed by atoms with Gasteiger partial charge in [-0.25, -0.2) is 0 Å². The van der Waals surface area contributed by atoms with Crippen molar-refractivity contribution in [1.82, 2.24) is 25.2 Å². The lowest BCUT2D eigenvalue weighted by Crippen LogP contribution is -2.43. The average molecular weight is 319 g/mol. The molecule has 1 aliphatic rings. The van der Waals surface area contributed by atoms with Gasteiger partial charge in [0.15, 0.2) is 5.82 Å². The molecule has 3 heterocycles. The van der Waals surface area contributed by atoms with Crippen LogP contribution in [0.25, 0.3) is 0 Å². The molecule has 1 aliphatic heterocycles. The van der Waals surface area contributed by atoms with Crippen LogP contribution in [0.5, 0.6) is 0 Å². The number of carbonyl (C=O) groups excluding carboxylic acids is 1. The molecule has 1 N–H and O–H groups in total. The maximum absolute atomic E-state index is 12.6. The largest absolute Gasteiger partial charge is 0.377 e. The van der Waals surface area contributed by atoms with Crippen LogP contribution in [0.3, 0.4) is 0 Å². The lowest BCUT2D eigenvalue weighted by atomic mass is 10.1. The molecule has 2 aromatic heterocycles. The minimum Gasteiger partial charge on any atom is -0.377 e. The smallest absolute Gasteiger partial charge is 0.227 e. The monoisotopic (exact) mass is 319 g/mol. The third kappa shape index (κ3) is 3.58. The third-order valence-electron chi connectivity index (χ3n) is 3.88. The second-order valence-corrected chi connectivity index (χ2v) is 5.89. The van der Waals surface area contributed by atoms with Crippen LogP contribution in [0.15, 0.2) is 16.8 Å². The molecule has 0 aliphatic carbocycles. The standard InChI is InChI=1S/C15H21N5O3/c1-10(2)15-17-13(23-19-15)3-4-14(21)20-7-8-22-9-12(20)11-5-6-16-18-11/h5-6,10,12H,3-4,7-9H2,1-2H3,(H,16,18)/t12-/m1/s1.